The second-order valence-electron chi connectivity index (χ2n) is 4.54. The van der Waals surface area contributed by atoms with Crippen LogP contribution >= 0.6 is 0 Å². The molecule has 0 aliphatic heterocycles. The highest BCUT2D eigenvalue weighted by Crippen LogP contribution is 2.03. The van der Waals surface area contributed by atoms with Crippen molar-refractivity contribution in [2.75, 3.05) is 0 Å². The van der Waals surface area contributed by atoms with Gasteiger partial charge >= 0.3 is 0 Å². The molecule has 0 saturated heterocycles. The van der Waals surface area contributed by atoms with Gasteiger partial charge in [0.2, 0.25) is 11.8 Å². The van der Waals surface area contributed by atoms with Gasteiger partial charge in [0.15, 0.2) is 0 Å². The Morgan fingerprint density at radius 2 is 1.14 bits per heavy atom. The SMILES string of the molecule is NC(=O)c1cccc(C(N)=O)c1.NCc1cccc(CN)c1. The lowest BCUT2D eigenvalue weighted by Crippen LogP contribution is -2.14. The minimum Gasteiger partial charge on any atom is -0.366 e. The smallest absolute Gasteiger partial charge is 0.248 e. The van der Waals surface area contributed by atoms with Gasteiger partial charge in [-0.2, -0.15) is 0 Å². The average molecular weight is 300 g/mol. The number of primary amides is 2. The summed E-state index contributed by atoms with van der Waals surface area (Å²) in [7, 11) is 0. The zero-order valence-corrected chi connectivity index (χ0v) is 12.2. The van der Waals surface area contributed by atoms with Crippen LogP contribution in [0.1, 0.15) is 31.8 Å². The second kappa shape index (κ2) is 8.56. The predicted molar refractivity (Wildman–Crippen MR) is 85.7 cm³/mol. The molecule has 6 nitrogen and oxygen atoms in total. The standard InChI is InChI=1S/C8H8N2O2.C8H12N2/c9-7(11)5-2-1-3-6(4-5)8(10)12;9-5-7-2-1-3-8(4-7)6-10/h1-4H,(H2,9,11)(H2,10,12);1-4H,5-6,9-10H2. The van der Waals surface area contributed by atoms with Crippen LogP contribution in [-0.2, 0) is 13.1 Å². The van der Waals surface area contributed by atoms with Gasteiger partial charge in [0, 0.05) is 24.2 Å². The first-order valence-corrected chi connectivity index (χ1v) is 6.65. The van der Waals surface area contributed by atoms with Crippen LogP contribution in [0.5, 0.6) is 0 Å². The number of carbonyl (C=O) groups excluding carboxylic acids is 2. The Labute approximate surface area is 129 Å². The number of hydrogen-bond acceptors (Lipinski definition) is 4. The van der Waals surface area contributed by atoms with Crippen LogP contribution in [0.2, 0.25) is 0 Å². The van der Waals surface area contributed by atoms with Crippen molar-refractivity contribution >= 4 is 11.8 Å². The van der Waals surface area contributed by atoms with Crippen LogP contribution < -0.4 is 22.9 Å². The van der Waals surface area contributed by atoms with E-state index >= 15 is 0 Å². The minimum absolute atomic E-state index is 0.284. The maximum absolute atomic E-state index is 10.6. The topological polar surface area (TPSA) is 138 Å². The molecule has 2 aromatic carbocycles. The molecule has 0 saturated carbocycles. The fourth-order valence-electron chi connectivity index (χ4n) is 1.71. The molecule has 2 aromatic rings. The van der Waals surface area contributed by atoms with Crippen molar-refractivity contribution in [3.63, 3.8) is 0 Å². The zero-order chi connectivity index (χ0) is 16.5. The molecule has 0 spiro atoms. The summed E-state index contributed by atoms with van der Waals surface area (Å²) in [6.45, 7) is 1.18. The summed E-state index contributed by atoms with van der Waals surface area (Å²) in [4.78, 5) is 21.3. The predicted octanol–water partition coefficient (Wildman–Crippen LogP) is 0.488. The second-order valence-corrected chi connectivity index (χ2v) is 4.54. The summed E-state index contributed by atoms with van der Waals surface area (Å²) in [5.41, 5.74) is 23.7. The van der Waals surface area contributed by atoms with Gasteiger partial charge in [-0.15, -0.1) is 0 Å². The summed E-state index contributed by atoms with van der Waals surface area (Å²) in [5, 5.41) is 0. The molecule has 0 atom stereocenters. The van der Waals surface area contributed by atoms with Gasteiger partial charge in [-0.05, 0) is 29.3 Å². The molecule has 0 heterocycles. The lowest BCUT2D eigenvalue weighted by Gasteiger charge is -1.98. The number of carbonyl (C=O) groups is 2. The quantitative estimate of drug-likeness (QED) is 0.652. The van der Waals surface area contributed by atoms with Crippen molar-refractivity contribution in [1.29, 1.82) is 0 Å². The van der Waals surface area contributed by atoms with E-state index in [4.69, 9.17) is 22.9 Å². The van der Waals surface area contributed by atoms with Crippen molar-refractivity contribution < 1.29 is 9.59 Å². The van der Waals surface area contributed by atoms with Crippen molar-refractivity contribution in [3.8, 4) is 0 Å². The zero-order valence-electron chi connectivity index (χ0n) is 12.2. The van der Waals surface area contributed by atoms with E-state index in [1.807, 2.05) is 24.3 Å². The molecule has 2 amide bonds. The van der Waals surface area contributed by atoms with E-state index in [2.05, 4.69) is 0 Å². The summed E-state index contributed by atoms with van der Waals surface area (Å²) in [6, 6.07) is 14.0. The third-order valence-electron chi connectivity index (χ3n) is 2.89. The fourth-order valence-corrected chi connectivity index (χ4v) is 1.71. The van der Waals surface area contributed by atoms with Gasteiger partial charge in [-0.1, -0.05) is 30.3 Å². The molecule has 0 fully saturated rings. The summed E-state index contributed by atoms with van der Waals surface area (Å²) >= 11 is 0. The Hall–Kier alpha value is -2.70. The third-order valence-corrected chi connectivity index (χ3v) is 2.89. The van der Waals surface area contributed by atoms with E-state index in [1.54, 1.807) is 6.07 Å². The van der Waals surface area contributed by atoms with Gasteiger partial charge in [0.05, 0.1) is 0 Å². The molecular weight excluding hydrogens is 280 g/mol. The first-order chi connectivity index (χ1) is 10.5. The summed E-state index contributed by atoms with van der Waals surface area (Å²) in [6.07, 6.45) is 0. The van der Waals surface area contributed by atoms with Gasteiger partial charge in [-0.25, -0.2) is 0 Å². The molecule has 0 aliphatic carbocycles. The van der Waals surface area contributed by atoms with Crippen LogP contribution in [0.25, 0.3) is 0 Å². The molecule has 0 aromatic heterocycles. The molecule has 0 radical (unpaired) electrons. The van der Waals surface area contributed by atoms with Gasteiger partial charge < -0.3 is 22.9 Å². The normalized spacial score (nSPS) is 9.55. The highest BCUT2D eigenvalue weighted by atomic mass is 16.1. The van der Waals surface area contributed by atoms with Crippen LogP contribution in [0.15, 0.2) is 48.5 Å². The van der Waals surface area contributed by atoms with Crippen LogP contribution in [0.4, 0.5) is 0 Å². The van der Waals surface area contributed by atoms with E-state index in [9.17, 15) is 9.59 Å². The monoisotopic (exact) mass is 300 g/mol. The molecular formula is C16H20N4O2. The molecule has 0 aliphatic rings. The Morgan fingerprint density at radius 1 is 0.727 bits per heavy atom. The van der Waals surface area contributed by atoms with Gasteiger partial charge in [0.25, 0.3) is 0 Å². The number of nitrogens with two attached hydrogens (primary N) is 4. The van der Waals surface area contributed by atoms with E-state index < -0.39 is 11.8 Å². The third kappa shape index (κ3) is 5.35. The average Bonchev–Trinajstić information content (AvgIpc) is 2.55. The first kappa shape index (κ1) is 17.4. The van der Waals surface area contributed by atoms with E-state index in [-0.39, 0.29) is 11.1 Å². The van der Waals surface area contributed by atoms with Crippen LogP contribution in [0.3, 0.4) is 0 Å². The van der Waals surface area contributed by atoms with E-state index in [0.29, 0.717) is 13.1 Å². The largest absolute Gasteiger partial charge is 0.366 e. The van der Waals surface area contributed by atoms with Gasteiger partial charge in [0.1, 0.15) is 0 Å². The minimum atomic E-state index is -0.571. The number of benzene rings is 2. The fraction of sp³-hybridized carbons (Fsp3) is 0.125. The molecule has 0 bridgehead atoms. The maximum Gasteiger partial charge on any atom is 0.248 e. The lowest BCUT2D eigenvalue weighted by atomic mass is 10.1. The molecule has 22 heavy (non-hydrogen) atoms. The maximum atomic E-state index is 10.6. The molecule has 0 unspecified atom stereocenters. The number of hydrogen-bond donors (Lipinski definition) is 4. The van der Waals surface area contributed by atoms with Crippen LogP contribution in [-0.4, -0.2) is 11.8 Å². The lowest BCUT2D eigenvalue weighted by molar-refractivity contribution is 0.0999. The van der Waals surface area contributed by atoms with Crippen molar-refractivity contribution in [2.45, 2.75) is 13.1 Å². The summed E-state index contributed by atoms with van der Waals surface area (Å²) in [5.74, 6) is -1.14. The summed E-state index contributed by atoms with van der Waals surface area (Å²) < 4.78 is 0. The molecule has 2 rings (SSSR count). The Bertz CT molecular complexity index is 608. The Kier molecular flexibility index (Phi) is 6.75. The molecule has 8 N–H and O–H groups in total. The molecule has 116 valence electrons. The van der Waals surface area contributed by atoms with Crippen molar-refractivity contribution in [2.24, 2.45) is 22.9 Å². The van der Waals surface area contributed by atoms with E-state index in [0.717, 1.165) is 11.1 Å². The Balaban J connectivity index is 0.000000224. The highest BCUT2D eigenvalue weighted by Gasteiger charge is 2.03. The highest BCUT2D eigenvalue weighted by molar-refractivity contribution is 5.98. The Morgan fingerprint density at radius 3 is 1.50 bits per heavy atom. The van der Waals surface area contributed by atoms with Gasteiger partial charge in [-0.3, -0.25) is 9.59 Å². The van der Waals surface area contributed by atoms with Crippen molar-refractivity contribution in [3.05, 3.63) is 70.8 Å². The van der Waals surface area contributed by atoms with E-state index in [1.165, 1.54) is 18.2 Å². The van der Waals surface area contributed by atoms with Crippen molar-refractivity contribution in [1.82, 2.24) is 0 Å². The molecule has 6 heteroatoms. The number of rotatable bonds is 4. The van der Waals surface area contributed by atoms with Crippen LogP contribution in [0, 0.1) is 0 Å². The number of amides is 2. The first-order valence-electron chi connectivity index (χ1n) is 6.65.